The topological polar surface area (TPSA) is 40.6 Å². The third-order valence-corrected chi connectivity index (χ3v) is 4.19. The highest BCUT2D eigenvalue weighted by Crippen LogP contribution is 2.21. The number of rotatable bonds is 2. The molecule has 1 aromatic rings. The van der Waals surface area contributed by atoms with Crippen LogP contribution in [0.15, 0.2) is 17.5 Å². The van der Waals surface area contributed by atoms with Crippen LogP contribution < -0.4 is 0 Å². The molecule has 2 rings (SSSR count). The number of nitrogens with zero attached hydrogens (tertiary/aromatic N) is 2. The van der Waals surface area contributed by atoms with Gasteiger partial charge >= 0.3 is 0 Å². The lowest BCUT2D eigenvalue weighted by Gasteiger charge is -2.35. The molecule has 2 heterocycles. The number of carbonyl (C=O) groups excluding carboxylic acids is 2. The van der Waals surface area contributed by atoms with Crippen molar-refractivity contribution in [3.63, 3.8) is 0 Å². The number of piperazine rings is 1. The Balaban J connectivity index is 1.86. The minimum atomic E-state index is 0.0149. The van der Waals surface area contributed by atoms with Crippen molar-refractivity contribution in [1.82, 2.24) is 9.80 Å². The van der Waals surface area contributed by atoms with Crippen LogP contribution in [-0.2, 0) is 4.79 Å². The molecule has 0 radical (unpaired) electrons. The van der Waals surface area contributed by atoms with E-state index in [-0.39, 0.29) is 17.2 Å². The number of carbonyl (C=O) groups is 2. The van der Waals surface area contributed by atoms with Crippen LogP contribution in [0.2, 0.25) is 0 Å². The minimum absolute atomic E-state index is 0.0149. The number of thiophene rings is 1. The van der Waals surface area contributed by atoms with Crippen molar-refractivity contribution in [3.05, 3.63) is 22.4 Å². The van der Waals surface area contributed by atoms with Gasteiger partial charge in [-0.05, 0) is 16.9 Å². The lowest BCUT2D eigenvalue weighted by Crippen LogP contribution is -2.51. The highest BCUT2D eigenvalue weighted by atomic mass is 32.1. The van der Waals surface area contributed by atoms with Crippen LogP contribution in [0.3, 0.4) is 0 Å². The summed E-state index contributed by atoms with van der Waals surface area (Å²) in [5.74, 6) is 0.281. The van der Waals surface area contributed by atoms with E-state index < -0.39 is 0 Å². The SMILES string of the molecule is CC(C)(C)CC(=O)N1CCN(C(=O)c2cccs2)CC1. The van der Waals surface area contributed by atoms with Crippen LogP contribution in [0.1, 0.15) is 36.9 Å². The van der Waals surface area contributed by atoms with Crippen molar-refractivity contribution in [3.8, 4) is 0 Å². The first kappa shape index (κ1) is 15.0. The summed E-state index contributed by atoms with van der Waals surface area (Å²) in [5.41, 5.74) is 0.0149. The van der Waals surface area contributed by atoms with Gasteiger partial charge in [0, 0.05) is 32.6 Å². The van der Waals surface area contributed by atoms with Gasteiger partial charge in [-0.2, -0.15) is 0 Å². The van der Waals surface area contributed by atoms with Gasteiger partial charge in [0.05, 0.1) is 4.88 Å². The second-order valence-electron chi connectivity index (χ2n) is 6.39. The van der Waals surface area contributed by atoms with Crippen molar-refractivity contribution in [2.24, 2.45) is 5.41 Å². The fourth-order valence-electron chi connectivity index (χ4n) is 2.28. The zero-order valence-electron chi connectivity index (χ0n) is 12.4. The maximum Gasteiger partial charge on any atom is 0.264 e. The zero-order chi connectivity index (χ0) is 14.8. The molecule has 0 N–H and O–H groups in total. The maximum atomic E-state index is 12.2. The lowest BCUT2D eigenvalue weighted by molar-refractivity contribution is -0.134. The highest BCUT2D eigenvalue weighted by Gasteiger charge is 2.27. The van der Waals surface area contributed by atoms with Gasteiger partial charge in [-0.3, -0.25) is 9.59 Å². The second kappa shape index (κ2) is 5.95. The van der Waals surface area contributed by atoms with E-state index in [9.17, 15) is 9.59 Å². The molecule has 0 atom stereocenters. The second-order valence-corrected chi connectivity index (χ2v) is 7.34. The van der Waals surface area contributed by atoms with E-state index in [2.05, 4.69) is 20.8 Å². The smallest absolute Gasteiger partial charge is 0.264 e. The third-order valence-electron chi connectivity index (χ3n) is 3.33. The van der Waals surface area contributed by atoms with Crippen molar-refractivity contribution in [2.45, 2.75) is 27.2 Å². The monoisotopic (exact) mass is 294 g/mol. The summed E-state index contributed by atoms with van der Waals surface area (Å²) in [4.78, 5) is 28.8. The molecular weight excluding hydrogens is 272 g/mol. The molecule has 0 bridgehead atoms. The Labute approximate surface area is 124 Å². The van der Waals surface area contributed by atoms with Crippen molar-refractivity contribution < 1.29 is 9.59 Å². The molecule has 1 saturated heterocycles. The average molecular weight is 294 g/mol. The molecule has 0 spiro atoms. The Morgan fingerprint density at radius 2 is 1.75 bits per heavy atom. The van der Waals surface area contributed by atoms with E-state index in [4.69, 9.17) is 0 Å². The molecule has 5 heteroatoms. The minimum Gasteiger partial charge on any atom is -0.339 e. The third kappa shape index (κ3) is 3.82. The Hall–Kier alpha value is -1.36. The molecule has 2 amide bonds. The van der Waals surface area contributed by atoms with Crippen LogP contribution in [0.4, 0.5) is 0 Å². The largest absolute Gasteiger partial charge is 0.339 e. The van der Waals surface area contributed by atoms with Crippen molar-refractivity contribution in [1.29, 1.82) is 0 Å². The zero-order valence-corrected chi connectivity index (χ0v) is 13.2. The Kier molecular flexibility index (Phi) is 4.48. The predicted octanol–water partition coefficient (Wildman–Crippen LogP) is 2.47. The van der Waals surface area contributed by atoms with E-state index in [0.717, 1.165) is 4.88 Å². The summed E-state index contributed by atoms with van der Waals surface area (Å²) < 4.78 is 0. The van der Waals surface area contributed by atoms with Gasteiger partial charge < -0.3 is 9.80 Å². The molecule has 4 nitrogen and oxygen atoms in total. The average Bonchev–Trinajstić information content (AvgIpc) is 2.90. The molecule has 110 valence electrons. The van der Waals surface area contributed by atoms with E-state index >= 15 is 0 Å². The van der Waals surface area contributed by atoms with E-state index in [1.807, 2.05) is 27.3 Å². The summed E-state index contributed by atoms with van der Waals surface area (Å²) in [6.07, 6.45) is 0.561. The van der Waals surface area contributed by atoms with Crippen LogP contribution in [0.25, 0.3) is 0 Å². The summed E-state index contributed by atoms with van der Waals surface area (Å²) in [6, 6.07) is 3.74. The van der Waals surface area contributed by atoms with E-state index in [1.165, 1.54) is 11.3 Å². The van der Waals surface area contributed by atoms with E-state index in [0.29, 0.717) is 32.6 Å². The van der Waals surface area contributed by atoms with Crippen LogP contribution in [0.5, 0.6) is 0 Å². The Morgan fingerprint density at radius 1 is 1.15 bits per heavy atom. The van der Waals surface area contributed by atoms with Crippen LogP contribution >= 0.6 is 11.3 Å². The fraction of sp³-hybridized carbons (Fsp3) is 0.600. The molecule has 1 aliphatic rings. The normalized spacial score (nSPS) is 16.4. The van der Waals surface area contributed by atoms with Gasteiger partial charge in [0.1, 0.15) is 0 Å². The molecule has 1 fully saturated rings. The summed E-state index contributed by atoms with van der Waals surface area (Å²) in [7, 11) is 0. The first-order valence-corrected chi connectivity index (χ1v) is 7.85. The number of amides is 2. The lowest BCUT2D eigenvalue weighted by atomic mass is 9.91. The fourth-order valence-corrected chi connectivity index (χ4v) is 2.97. The van der Waals surface area contributed by atoms with Crippen LogP contribution in [0, 0.1) is 5.41 Å². The van der Waals surface area contributed by atoms with Gasteiger partial charge in [0.2, 0.25) is 5.91 Å². The first-order chi connectivity index (χ1) is 9.37. The first-order valence-electron chi connectivity index (χ1n) is 6.97. The van der Waals surface area contributed by atoms with Crippen LogP contribution in [-0.4, -0.2) is 47.8 Å². The van der Waals surface area contributed by atoms with Gasteiger partial charge in [0.25, 0.3) is 5.91 Å². The molecule has 0 unspecified atom stereocenters. The van der Waals surface area contributed by atoms with Gasteiger partial charge in [-0.25, -0.2) is 0 Å². The standard InChI is InChI=1S/C15H22N2O2S/c1-15(2,3)11-13(18)16-6-8-17(9-7-16)14(19)12-5-4-10-20-12/h4-5,10H,6-9,11H2,1-3H3. The molecule has 0 aromatic carbocycles. The summed E-state index contributed by atoms with van der Waals surface area (Å²) >= 11 is 1.47. The summed E-state index contributed by atoms with van der Waals surface area (Å²) in [5, 5.41) is 1.91. The van der Waals surface area contributed by atoms with Gasteiger partial charge in [-0.15, -0.1) is 11.3 Å². The summed E-state index contributed by atoms with van der Waals surface area (Å²) in [6.45, 7) is 8.77. The number of hydrogen-bond acceptors (Lipinski definition) is 3. The molecule has 1 aromatic heterocycles. The highest BCUT2D eigenvalue weighted by molar-refractivity contribution is 7.12. The quantitative estimate of drug-likeness (QED) is 0.840. The van der Waals surface area contributed by atoms with Crippen molar-refractivity contribution in [2.75, 3.05) is 26.2 Å². The molecule has 0 aliphatic carbocycles. The molecule has 20 heavy (non-hydrogen) atoms. The number of hydrogen-bond donors (Lipinski definition) is 0. The Bertz CT molecular complexity index is 469. The predicted molar refractivity (Wildman–Crippen MR) is 80.9 cm³/mol. The molecular formula is C15H22N2O2S. The molecule has 1 aliphatic heterocycles. The maximum absolute atomic E-state index is 12.2. The molecule has 0 saturated carbocycles. The van der Waals surface area contributed by atoms with Gasteiger partial charge in [-0.1, -0.05) is 26.8 Å². The van der Waals surface area contributed by atoms with E-state index in [1.54, 1.807) is 0 Å². The Morgan fingerprint density at radius 3 is 2.25 bits per heavy atom. The van der Waals surface area contributed by atoms with Crippen molar-refractivity contribution >= 4 is 23.2 Å². The van der Waals surface area contributed by atoms with Gasteiger partial charge in [0.15, 0.2) is 0 Å².